The van der Waals surface area contributed by atoms with Crippen LogP contribution in [0.15, 0.2) is 24.3 Å². The van der Waals surface area contributed by atoms with Crippen molar-refractivity contribution in [2.75, 3.05) is 6.54 Å². The molecule has 4 saturated carbocycles. The fourth-order valence-corrected chi connectivity index (χ4v) is 7.95. The molecule has 4 heteroatoms. The highest BCUT2D eigenvalue weighted by Crippen LogP contribution is 2.69. The molecular formula is C24H39NO3. The van der Waals surface area contributed by atoms with Crippen LogP contribution in [0.2, 0.25) is 0 Å². The Kier molecular flexibility index (Phi) is 5.54. The summed E-state index contributed by atoms with van der Waals surface area (Å²) in [5, 5.41) is 30.9. The highest BCUT2D eigenvalue weighted by molar-refractivity contribution is 5.20. The first-order valence-corrected chi connectivity index (χ1v) is 11.5. The minimum atomic E-state index is -0.550. The Bertz CT molecular complexity index is 633. The Hall–Kier alpha value is -0.680. The number of hydrogen-bond acceptors (Lipinski definition) is 4. The van der Waals surface area contributed by atoms with Crippen molar-refractivity contribution in [1.29, 1.82) is 0 Å². The van der Waals surface area contributed by atoms with Gasteiger partial charge in [-0.05, 0) is 86.9 Å². The fraction of sp³-hybridized carbons (Fsp3) is 0.833. The van der Waals surface area contributed by atoms with Gasteiger partial charge in [0.25, 0.3) is 0 Å². The van der Waals surface area contributed by atoms with E-state index in [4.69, 9.17) is 5.21 Å². The molecule has 4 fully saturated rings. The van der Waals surface area contributed by atoms with Gasteiger partial charge in [0.15, 0.2) is 0 Å². The van der Waals surface area contributed by atoms with Crippen LogP contribution in [-0.2, 0) is 0 Å². The van der Waals surface area contributed by atoms with E-state index in [0.717, 1.165) is 44.9 Å². The van der Waals surface area contributed by atoms with Gasteiger partial charge in [-0.25, -0.2) is 5.48 Å². The van der Waals surface area contributed by atoms with Crippen LogP contribution in [0.4, 0.5) is 0 Å². The number of hydrogen-bond donors (Lipinski definition) is 4. The molecule has 0 aromatic rings. The van der Waals surface area contributed by atoms with Gasteiger partial charge >= 0.3 is 0 Å². The molecule has 0 aliphatic heterocycles. The van der Waals surface area contributed by atoms with Crippen molar-refractivity contribution in [1.82, 2.24) is 5.48 Å². The zero-order valence-electron chi connectivity index (χ0n) is 17.6. The van der Waals surface area contributed by atoms with Crippen molar-refractivity contribution in [3.63, 3.8) is 0 Å². The molecule has 4 aliphatic carbocycles. The number of hydroxylamine groups is 1. The second-order valence-corrected chi connectivity index (χ2v) is 10.6. The zero-order chi connectivity index (χ0) is 20.0. The van der Waals surface area contributed by atoms with Gasteiger partial charge < -0.3 is 15.4 Å². The highest BCUT2D eigenvalue weighted by atomic mass is 16.5. The number of allylic oxidation sites excluding steroid dienone is 3. The zero-order valence-corrected chi connectivity index (χ0v) is 17.6. The summed E-state index contributed by atoms with van der Waals surface area (Å²) in [7, 11) is 0. The highest BCUT2D eigenvalue weighted by Gasteiger charge is 2.66. The van der Waals surface area contributed by atoms with E-state index < -0.39 is 5.60 Å². The van der Waals surface area contributed by atoms with Gasteiger partial charge in [0.05, 0.1) is 11.7 Å². The predicted molar refractivity (Wildman–Crippen MR) is 111 cm³/mol. The third kappa shape index (κ3) is 3.03. The fourth-order valence-electron chi connectivity index (χ4n) is 7.95. The van der Waals surface area contributed by atoms with Crippen molar-refractivity contribution >= 4 is 0 Å². The molecule has 0 radical (unpaired) electrons. The van der Waals surface area contributed by atoms with Crippen LogP contribution < -0.4 is 5.48 Å². The second-order valence-electron chi connectivity index (χ2n) is 10.6. The van der Waals surface area contributed by atoms with E-state index in [2.05, 4.69) is 31.5 Å². The van der Waals surface area contributed by atoms with Crippen LogP contribution in [-0.4, -0.2) is 33.7 Å². The quantitative estimate of drug-likeness (QED) is 0.429. The molecule has 4 aliphatic rings. The van der Waals surface area contributed by atoms with Crippen LogP contribution in [0, 0.1) is 34.5 Å². The van der Waals surface area contributed by atoms with Gasteiger partial charge in [-0.15, -0.1) is 0 Å². The maximum atomic E-state index is 12.1. The van der Waals surface area contributed by atoms with E-state index in [9.17, 15) is 10.2 Å². The molecule has 0 unspecified atom stereocenters. The molecule has 0 aromatic heterocycles. The number of rotatable bonds is 4. The lowest BCUT2D eigenvalue weighted by molar-refractivity contribution is -0.207. The van der Waals surface area contributed by atoms with Crippen LogP contribution >= 0.6 is 0 Å². The van der Waals surface area contributed by atoms with Crippen LogP contribution in [0.5, 0.6) is 0 Å². The summed E-state index contributed by atoms with van der Waals surface area (Å²) in [6, 6.07) is 0. The Morgan fingerprint density at radius 2 is 1.79 bits per heavy atom. The normalized spacial score (nSPS) is 51.2. The molecule has 28 heavy (non-hydrogen) atoms. The predicted octanol–water partition coefficient (Wildman–Crippen LogP) is 4.21. The smallest absolute Gasteiger partial charge is 0.0737 e. The Morgan fingerprint density at radius 3 is 2.57 bits per heavy atom. The van der Waals surface area contributed by atoms with Crippen molar-refractivity contribution < 1.29 is 15.4 Å². The van der Waals surface area contributed by atoms with E-state index in [1.807, 2.05) is 12.2 Å². The summed E-state index contributed by atoms with van der Waals surface area (Å²) >= 11 is 0. The van der Waals surface area contributed by atoms with Crippen LogP contribution in [0.3, 0.4) is 0 Å². The van der Waals surface area contributed by atoms with E-state index in [0.29, 0.717) is 35.6 Å². The van der Waals surface area contributed by atoms with Crippen molar-refractivity contribution in [3.05, 3.63) is 24.3 Å². The van der Waals surface area contributed by atoms with Gasteiger partial charge in [-0.1, -0.05) is 38.2 Å². The lowest BCUT2D eigenvalue weighted by atomic mass is 9.43. The Balaban J connectivity index is 1.55. The molecule has 0 spiro atoms. The van der Waals surface area contributed by atoms with Gasteiger partial charge in [-0.3, -0.25) is 0 Å². The summed E-state index contributed by atoms with van der Waals surface area (Å²) < 4.78 is 0. The van der Waals surface area contributed by atoms with Crippen molar-refractivity contribution in [2.45, 2.75) is 83.3 Å². The molecule has 0 amide bonds. The minimum Gasteiger partial charge on any atom is -0.393 e. The summed E-state index contributed by atoms with van der Waals surface area (Å²) in [6.07, 6.45) is 17.8. The molecule has 158 valence electrons. The van der Waals surface area contributed by atoms with E-state index in [1.54, 1.807) is 0 Å². The number of fused-ring (bicyclic) bond motifs is 5. The third-order valence-electron chi connectivity index (χ3n) is 9.70. The Labute approximate surface area is 170 Å². The maximum Gasteiger partial charge on any atom is 0.0737 e. The maximum absolute atomic E-state index is 12.1. The minimum absolute atomic E-state index is 0.0366. The largest absolute Gasteiger partial charge is 0.393 e. The molecular weight excluding hydrogens is 350 g/mol. The summed E-state index contributed by atoms with van der Waals surface area (Å²) in [5.41, 5.74) is 1.85. The standard InChI is InChI=1S/C24H39NO3/c1-22-12-10-19(26)16-18(22)7-8-21-20(22)11-13-23(2)17(9-14-24(21,23)27)6-4-3-5-15-25-28/h3-6,17-21,25-28H,7-16H2,1-2H3/b5-3+,6-4+/t17-,18+,19-,20-,21+,22-,23+,24-/m0/s1. The van der Waals surface area contributed by atoms with Gasteiger partial charge in [0, 0.05) is 12.0 Å². The Morgan fingerprint density at radius 1 is 0.964 bits per heavy atom. The molecule has 0 heterocycles. The SMILES string of the molecule is C[C@]12CC[C@H](O)C[C@H]1CC[C@@H]1[C@@H]2CC[C@]2(C)[C@@H](/C=C/C=C/CNO)CC[C@]12O. The number of nitrogens with one attached hydrogen (secondary N) is 1. The lowest BCUT2D eigenvalue weighted by Gasteiger charge is -2.63. The molecule has 8 atom stereocenters. The second kappa shape index (κ2) is 7.54. The van der Waals surface area contributed by atoms with Crippen molar-refractivity contribution in [2.24, 2.45) is 34.5 Å². The first-order valence-electron chi connectivity index (χ1n) is 11.5. The van der Waals surface area contributed by atoms with Gasteiger partial charge in [0.2, 0.25) is 0 Å². The average Bonchev–Trinajstić information content (AvgIpc) is 2.93. The first-order chi connectivity index (χ1) is 13.3. The molecule has 0 saturated heterocycles. The summed E-state index contributed by atoms with van der Waals surface area (Å²) in [4.78, 5) is 0. The molecule has 0 aromatic carbocycles. The third-order valence-corrected chi connectivity index (χ3v) is 9.70. The molecule has 4 N–H and O–H groups in total. The number of aliphatic hydroxyl groups excluding tert-OH is 1. The van der Waals surface area contributed by atoms with Gasteiger partial charge in [0.1, 0.15) is 0 Å². The molecule has 4 rings (SSSR count). The van der Waals surface area contributed by atoms with Crippen LogP contribution in [0.1, 0.15) is 71.6 Å². The van der Waals surface area contributed by atoms with Crippen LogP contribution in [0.25, 0.3) is 0 Å². The van der Waals surface area contributed by atoms with E-state index in [1.165, 1.54) is 12.8 Å². The average molecular weight is 390 g/mol. The topological polar surface area (TPSA) is 72.7 Å². The lowest BCUT2D eigenvalue weighted by Crippen LogP contribution is -2.62. The van der Waals surface area contributed by atoms with E-state index >= 15 is 0 Å². The molecule has 4 nitrogen and oxygen atoms in total. The molecule has 0 bridgehead atoms. The summed E-state index contributed by atoms with van der Waals surface area (Å²) in [5.74, 6) is 2.07. The first kappa shape index (κ1) is 20.6. The van der Waals surface area contributed by atoms with E-state index in [-0.39, 0.29) is 11.5 Å². The number of aliphatic hydroxyl groups is 2. The van der Waals surface area contributed by atoms with Gasteiger partial charge in [-0.2, -0.15) is 0 Å². The summed E-state index contributed by atoms with van der Waals surface area (Å²) in [6.45, 7) is 5.26. The monoisotopic (exact) mass is 389 g/mol. The van der Waals surface area contributed by atoms with Crippen molar-refractivity contribution in [3.8, 4) is 0 Å².